The molecule has 6 nitrogen and oxygen atoms in total. The van der Waals surface area contributed by atoms with Crippen LogP contribution in [0.3, 0.4) is 0 Å². The number of para-hydroxylation sites is 1. The Kier molecular flexibility index (Phi) is 5.43. The van der Waals surface area contributed by atoms with Crippen LogP contribution in [-0.4, -0.2) is 34.7 Å². The molecule has 0 fully saturated rings. The van der Waals surface area contributed by atoms with Gasteiger partial charge in [-0.25, -0.2) is 4.68 Å². The minimum absolute atomic E-state index is 0.0720. The maximum atomic E-state index is 12.6. The number of hydrogen-bond donors (Lipinski definition) is 2. The molecule has 2 aromatic carbocycles. The third-order valence-electron chi connectivity index (χ3n) is 3.81. The Bertz CT molecular complexity index is 889. The van der Waals surface area contributed by atoms with E-state index in [1.54, 1.807) is 10.9 Å². The van der Waals surface area contributed by atoms with Gasteiger partial charge in [-0.05, 0) is 19.1 Å². The zero-order chi connectivity index (χ0) is 18.4. The van der Waals surface area contributed by atoms with E-state index in [1.807, 2.05) is 67.6 Å². The maximum absolute atomic E-state index is 12.6. The summed E-state index contributed by atoms with van der Waals surface area (Å²) < 4.78 is 1.67. The molecule has 1 aromatic heterocycles. The Morgan fingerprint density at radius 1 is 0.962 bits per heavy atom. The number of nitrogens with zero attached hydrogens (tertiary/aromatic N) is 2. The summed E-state index contributed by atoms with van der Waals surface area (Å²) in [5.74, 6) is -0.560. The summed E-state index contributed by atoms with van der Waals surface area (Å²) in [7, 11) is 0. The summed E-state index contributed by atoms with van der Waals surface area (Å²) in [6, 6.07) is 19.1. The fraction of sp³-hybridized carbons (Fsp3) is 0.150. The van der Waals surface area contributed by atoms with Crippen molar-refractivity contribution in [2.75, 3.05) is 13.1 Å². The molecule has 0 aliphatic carbocycles. The summed E-state index contributed by atoms with van der Waals surface area (Å²) in [6.07, 6.45) is 1.69. The Hall–Kier alpha value is -3.41. The van der Waals surface area contributed by atoms with Crippen molar-refractivity contribution in [3.8, 4) is 16.9 Å². The zero-order valence-electron chi connectivity index (χ0n) is 14.5. The van der Waals surface area contributed by atoms with Crippen LogP contribution in [0.4, 0.5) is 0 Å². The first-order chi connectivity index (χ1) is 12.7. The number of aromatic nitrogens is 2. The lowest BCUT2D eigenvalue weighted by molar-refractivity contribution is -0.120. The highest BCUT2D eigenvalue weighted by Crippen LogP contribution is 2.23. The maximum Gasteiger partial charge on any atom is 0.255 e. The van der Waals surface area contributed by atoms with Gasteiger partial charge >= 0.3 is 0 Å². The highest BCUT2D eigenvalue weighted by atomic mass is 16.2. The summed E-state index contributed by atoms with van der Waals surface area (Å²) in [6.45, 7) is 2.28. The van der Waals surface area contributed by atoms with E-state index >= 15 is 0 Å². The number of rotatable bonds is 6. The van der Waals surface area contributed by atoms with E-state index in [9.17, 15) is 9.59 Å². The van der Waals surface area contributed by atoms with Gasteiger partial charge in [0.25, 0.3) is 5.91 Å². The van der Waals surface area contributed by atoms with Crippen molar-refractivity contribution in [2.45, 2.75) is 6.92 Å². The topological polar surface area (TPSA) is 76.0 Å². The number of likely N-dealkylation sites (N-methyl/N-ethyl adjacent to an activating group) is 1. The van der Waals surface area contributed by atoms with Gasteiger partial charge in [-0.2, -0.15) is 5.10 Å². The largest absolute Gasteiger partial charge is 0.355 e. The molecule has 2 amide bonds. The van der Waals surface area contributed by atoms with Crippen LogP contribution in [0.15, 0.2) is 66.9 Å². The molecule has 0 aliphatic heterocycles. The van der Waals surface area contributed by atoms with Gasteiger partial charge in [-0.15, -0.1) is 0 Å². The minimum Gasteiger partial charge on any atom is -0.355 e. The van der Waals surface area contributed by atoms with Crippen LogP contribution in [0.25, 0.3) is 16.9 Å². The molecule has 26 heavy (non-hydrogen) atoms. The molecule has 3 rings (SSSR count). The van der Waals surface area contributed by atoms with E-state index in [4.69, 9.17) is 0 Å². The Balaban J connectivity index is 1.93. The predicted octanol–water partition coefficient (Wildman–Crippen LogP) is 2.41. The molecule has 0 spiro atoms. The molecule has 3 aromatic rings. The lowest BCUT2D eigenvalue weighted by atomic mass is 10.1. The van der Waals surface area contributed by atoms with Crippen LogP contribution in [0.2, 0.25) is 0 Å². The second-order valence-electron chi connectivity index (χ2n) is 5.67. The number of benzene rings is 2. The van der Waals surface area contributed by atoms with Crippen molar-refractivity contribution >= 4 is 11.8 Å². The van der Waals surface area contributed by atoms with Gasteiger partial charge in [0.2, 0.25) is 5.91 Å². The number of carbonyl (C=O) groups is 2. The van der Waals surface area contributed by atoms with Crippen LogP contribution in [0.5, 0.6) is 0 Å². The summed E-state index contributed by atoms with van der Waals surface area (Å²) in [5, 5.41) is 9.90. The molecular formula is C20H20N4O2. The average Bonchev–Trinajstić information content (AvgIpc) is 3.13. The number of amides is 2. The zero-order valence-corrected chi connectivity index (χ0v) is 14.5. The van der Waals surface area contributed by atoms with Gasteiger partial charge in [0.05, 0.1) is 17.8 Å². The van der Waals surface area contributed by atoms with Crippen LogP contribution in [-0.2, 0) is 4.79 Å². The molecule has 132 valence electrons. The van der Waals surface area contributed by atoms with E-state index in [0.717, 1.165) is 11.3 Å². The van der Waals surface area contributed by atoms with Crippen LogP contribution < -0.4 is 10.6 Å². The standard InChI is InChI=1S/C20H20N4O2/c1-2-21-18(25)13-22-20(26)17-14-24(16-11-7-4-8-12-16)23-19(17)15-9-5-3-6-10-15/h3-12,14H,2,13H2,1H3,(H,21,25)(H,22,26). The number of hydrogen-bond acceptors (Lipinski definition) is 3. The fourth-order valence-corrected chi connectivity index (χ4v) is 2.58. The van der Waals surface area contributed by atoms with Crippen LogP contribution >= 0.6 is 0 Å². The first-order valence-corrected chi connectivity index (χ1v) is 8.44. The third-order valence-corrected chi connectivity index (χ3v) is 3.81. The van der Waals surface area contributed by atoms with E-state index in [-0.39, 0.29) is 18.4 Å². The Labute approximate surface area is 151 Å². The summed E-state index contributed by atoms with van der Waals surface area (Å²) in [4.78, 5) is 24.3. The van der Waals surface area contributed by atoms with E-state index < -0.39 is 0 Å². The molecule has 1 heterocycles. The Morgan fingerprint density at radius 3 is 2.27 bits per heavy atom. The Morgan fingerprint density at radius 2 is 1.62 bits per heavy atom. The lowest BCUT2D eigenvalue weighted by Gasteiger charge is -2.05. The molecule has 0 atom stereocenters. The first kappa shape index (κ1) is 17.4. The van der Waals surface area contributed by atoms with Crippen molar-refractivity contribution in [3.05, 3.63) is 72.4 Å². The van der Waals surface area contributed by atoms with Gasteiger partial charge in [0.1, 0.15) is 5.69 Å². The fourth-order valence-electron chi connectivity index (χ4n) is 2.58. The molecule has 0 unspecified atom stereocenters. The highest BCUT2D eigenvalue weighted by molar-refractivity contribution is 6.01. The van der Waals surface area contributed by atoms with E-state index in [2.05, 4.69) is 15.7 Å². The van der Waals surface area contributed by atoms with Gasteiger partial charge in [0, 0.05) is 18.3 Å². The van der Waals surface area contributed by atoms with Crippen molar-refractivity contribution in [1.29, 1.82) is 0 Å². The van der Waals surface area contributed by atoms with Crippen LogP contribution in [0.1, 0.15) is 17.3 Å². The predicted molar refractivity (Wildman–Crippen MR) is 100 cm³/mol. The average molecular weight is 348 g/mol. The molecule has 6 heteroatoms. The molecule has 0 radical (unpaired) electrons. The van der Waals surface area contributed by atoms with Gasteiger partial charge in [0.15, 0.2) is 0 Å². The van der Waals surface area contributed by atoms with Gasteiger partial charge in [-0.1, -0.05) is 48.5 Å². The van der Waals surface area contributed by atoms with Crippen LogP contribution in [0, 0.1) is 0 Å². The normalized spacial score (nSPS) is 10.3. The van der Waals surface area contributed by atoms with Gasteiger partial charge in [-0.3, -0.25) is 9.59 Å². The van der Waals surface area contributed by atoms with E-state index in [1.165, 1.54) is 0 Å². The van der Waals surface area contributed by atoms with E-state index in [0.29, 0.717) is 17.8 Å². The van der Waals surface area contributed by atoms with Crippen molar-refractivity contribution in [2.24, 2.45) is 0 Å². The molecule has 0 aliphatic rings. The summed E-state index contributed by atoms with van der Waals surface area (Å²) in [5.41, 5.74) is 2.69. The molecule has 0 bridgehead atoms. The van der Waals surface area contributed by atoms with Gasteiger partial charge < -0.3 is 10.6 Å². The number of nitrogens with one attached hydrogen (secondary N) is 2. The summed E-state index contributed by atoms with van der Waals surface area (Å²) >= 11 is 0. The van der Waals surface area contributed by atoms with Crippen molar-refractivity contribution in [1.82, 2.24) is 20.4 Å². The minimum atomic E-state index is -0.336. The lowest BCUT2D eigenvalue weighted by Crippen LogP contribution is -2.36. The molecule has 0 saturated carbocycles. The smallest absolute Gasteiger partial charge is 0.255 e. The highest BCUT2D eigenvalue weighted by Gasteiger charge is 2.19. The molecule has 0 saturated heterocycles. The second-order valence-corrected chi connectivity index (χ2v) is 5.67. The quantitative estimate of drug-likeness (QED) is 0.718. The third kappa shape index (κ3) is 3.97. The van der Waals surface area contributed by atoms with Crippen molar-refractivity contribution in [3.63, 3.8) is 0 Å². The SMILES string of the molecule is CCNC(=O)CNC(=O)c1cn(-c2ccccc2)nc1-c1ccccc1. The monoisotopic (exact) mass is 348 g/mol. The molecular weight excluding hydrogens is 328 g/mol. The first-order valence-electron chi connectivity index (χ1n) is 8.44. The van der Waals surface area contributed by atoms with Crippen molar-refractivity contribution < 1.29 is 9.59 Å². The number of carbonyl (C=O) groups excluding carboxylic acids is 2. The second kappa shape index (κ2) is 8.11. The molecule has 2 N–H and O–H groups in total.